The number of hydrogen-bond acceptors (Lipinski definition) is 3. The highest BCUT2D eigenvalue weighted by molar-refractivity contribution is 9.11. The minimum atomic E-state index is -0.302. The molecule has 110 valence electrons. The van der Waals surface area contributed by atoms with E-state index in [1.165, 1.54) is 6.20 Å². The molecule has 1 N–H and O–H groups in total. The van der Waals surface area contributed by atoms with Crippen molar-refractivity contribution < 1.29 is 9.53 Å². The van der Waals surface area contributed by atoms with Crippen LogP contribution >= 0.6 is 43.5 Å². The molecule has 0 aliphatic heterocycles. The fourth-order valence-corrected chi connectivity index (χ4v) is 3.35. The molecule has 2 aromatic rings. The van der Waals surface area contributed by atoms with Gasteiger partial charge < -0.3 is 10.1 Å². The van der Waals surface area contributed by atoms with Crippen molar-refractivity contribution in [3.63, 3.8) is 0 Å². The van der Waals surface area contributed by atoms with Gasteiger partial charge in [-0.2, -0.15) is 0 Å². The number of aromatic nitrogens is 1. The molecule has 0 atom stereocenters. The number of ether oxygens (including phenoxy) is 1. The van der Waals surface area contributed by atoms with Crippen LogP contribution in [0.1, 0.15) is 5.56 Å². The second kappa shape index (κ2) is 7.24. The van der Waals surface area contributed by atoms with Crippen molar-refractivity contribution in [3.05, 3.63) is 50.0 Å². The maximum absolute atomic E-state index is 11.8. The first-order valence-electron chi connectivity index (χ1n) is 5.95. The van der Waals surface area contributed by atoms with Gasteiger partial charge in [-0.1, -0.05) is 11.6 Å². The third-order valence-electron chi connectivity index (χ3n) is 2.49. The van der Waals surface area contributed by atoms with Crippen LogP contribution in [0.25, 0.3) is 0 Å². The molecular weight excluding hydrogens is 423 g/mol. The largest absolute Gasteiger partial charge is 0.481 e. The summed E-state index contributed by atoms with van der Waals surface area (Å²) in [5.41, 5.74) is 1.08. The Bertz CT molecular complexity index is 640. The van der Waals surface area contributed by atoms with Crippen molar-refractivity contribution in [1.29, 1.82) is 0 Å². The molecule has 1 aromatic heterocycles. The third kappa shape index (κ3) is 4.69. The number of pyridine rings is 1. The van der Waals surface area contributed by atoms with Crippen LogP contribution in [0.2, 0.25) is 5.02 Å². The predicted octanol–water partition coefficient (Wildman–Crippen LogP) is 4.59. The summed E-state index contributed by atoms with van der Waals surface area (Å²) in [4.78, 5) is 15.8. The molecule has 0 aliphatic carbocycles. The van der Waals surface area contributed by atoms with E-state index in [-0.39, 0.29) is 12.5 Å². The quantitative estimate of drug-likeness (QED) is 0.766. The summed E-state index contributed by atoms with van der Waals surface area (Å²) >= 11 is 12.5. The summed E-state index contributed by atoms with van der Waals surface area (Å²) < 4.78 is 7.09. The Balaban J connectivity index is 1.97. The van der Waals surface area contributed by atoms with Crippen molar-refractivity contribution in [1.82, 2.24) is 4.98 Å². The average molecular weight is 435 g/mol. The average Bonchev–Trinajstić information content (AvgIpc) is 2.40. The van der Waals surface area contributed by atoms with E-state index in [4.69, 9.17) is 16.3 Å². The number of carbonyl (C=O) groups excluding carboxylic acids is 1. The standard InChI is InChI=1S/C14H11Br2ClN2O2/c1-8-4-10(15)14(11(16)5-8)21-7-13(20)19-12-3-2-9(17)6-18-12/h2-6H,7H2,1H3,(H,18,19,20). The van der Waals surface area contributed by atoms with Gasteiger partial charge in [0.1, 0.15) is 11.6 Å². The summed E-state index contributed by atoms with van der Waals surface area (Å²) in [6, 6.07) is 7.10. The SMILES string of the molecule is Cc1cc(Br)c(OCC(=O)Nc2ccc(Cl)cn2)c(Br)c1. The maximum Gasteiger partial charge on any atom is 0.263 e. The summed E-state index contributed by atoms with van der Waals surface area (Å²) in [7, 11) is 0. The van der Waals surface area contributed by atoms with Gasteiger partial charge in [-0.15, -0.1) is 0 Å². The third-order valence-corrected chi connectivity index (χ3v) is 3.89. The van der Waals surface area contributed by atoms with Crippen molar-refractivity contribution in [2.24, 2.45) is 0 Å². The summed E-state index contributed by atoms with van der Waals surface area (Å²) in [5.74, 6) is 0.707. The molecule has 1 heterocycles. The molecule has 0 spiro atoms. The van der Waals surface area contributed by atoms with Gasteiger partial charge in [-0.05, 0) is 68.6 Å². The number of halogens is 3. The zero-order valence-electron chi connectivity index (χ0n) is 11.0. The molecule has 0 saturated carbocycles. The van der Waals surface area contributed by atoms with Crippen molar-refractivity contribution in [2.45, 2.75) is 6.92 Å². The lowest BCUT2D eigenvalue weighted by Gasteiger charge is -2.11. The first-order chi connectivity index (χ1) is 9.95. The lowest BCUT2D eigenvalue weighted by Crippen LogP contribution is -2.21. The van der Waals surface area contributed by atoms with E-state index in [2.05, 4.69) is 42.2 Å². The molecule has 1 aromatic carbocycles. The second-order valence-electron chi connectivity index (χ2n) is 4.26. The number of rotatable bonds is 4. The summed E-state index contributed by atoms with van der Waals surface area (Å²) in [6.45, 7) is 1.85. The molecule has 0 aliphatic rings. The smallest absolute Gasteiger partial charge is 0.263 e. The van der Waals surface area contributed by atoms with Gasteiger partial charge in [-0.3, -0.25) is 4.79 Å². The lowest BCUT2D eigenvalue weighted by atomic mass is 10.2. The maximum atomic E-state index is 11.8. The van der Waals surface area contributed by atoms with E-state index in [9.17, 15) is 4.79 Å². The molecule has 4 nitrogen and oxygen atoms in total. The zero-order valence-corrected chi connectivity index (χ0v) is 14.9. The molecule has 7 heteroatoms. The molecule has 1 amide bonds. The first-order valence-corrected chi connectivity index (χ1v) is 7.92. The normalized spacial score (nSPS) is 10.3. The molecule has 0 fully saturated rings. The monoisotopic (exact) mass is 432 g/mol. The van der Waals surface area contributed by atoms with Gasteiger partial charge in [0.2, 0.25) is 0 Å². The van der Waals surface area contributed by atoms with Gasteiger partial charge in [-0.25, -0.2) is 4.98 Å². The van der Waals surface area contributed by atoms with E-state index in [0.29, 0.717) is 16.6 Å². The number of anilines is 1. The number of hydrogen-bond donors (Lipinski definition) is 1. The zero-order chi connectivity index (χ0) is 15.4. The van der Waals surface area contributed by atoms with Crippen LogP contribution < -0.4 is 10.1 Å². The first kappa shape index (κ1) is 16.3. The van der Waals surface area contributed by atoms with Gasteiger partial charge >= 0.3 is 0 Å². The molecule has 0 unspecified atom stereocenters. The Labute approximate surface area is 144 Å². The molecule has 2 rings (SSSR count). The summed E-state index contributed by atoms with van der Waals surface area (Å²) in [6.07, 6.45) is 1.46. The number of nitrogens with zero attached hydrogens (tertiary/aromatic N) is 1. The minimum Gasteiger partial charge on any atom is -0.481 e. The Morgan fingerprint density at radius 1 is 1.33 bits per heavy atom. The fourth-order valence-electron chi connectivity index (χ4n) is 1.59. The van der Waals surface area contributed by atoms with E-state index in [1.54, 1.807) is 12.1 Å². The fraction of sp³-hybridized carbons (Fsp3) is 0.143. The number of carbonyl (C=O) groups is 1. The van der Waals surface area contributed by atoms with Gasteiger partial charge in [0, 0.05) is 6.20 Å². The lowest BCUT2D eigenvalue weighted by molar-refractivity contribution is -0.118. The van der Waals surface area contributed by atoms with Crippen molar-refractivity contribution >= 4 is 55.2 Å². The van der Waals surface area contributed by atoms with Crippen LogP contribution in [-0.2, 0) is 4.79 Å². The number of amides is 1. The van der Waals surface area contributed by atoms with Crippen LogP contribution in [0.15, 0.2) is 39.4 Å². The van der Waals surface area contributed by atoms with E-state index in [0.717, 1.165) is 14.5 Å². The van der Waals surface area contributed by atoms with E-state index < -0.39 is 0 Å². The molecular formula is C14H11Br2ClN2O2. The van der Waals surface area contributed by atoms with Crippen LogP contribution in [0.5, 0.6) is 5.75 Å². The molecule has 21 heavy (non-hydrogen) atoms. The Hall–Kier alpha value is -1.11. The predicted molar refractivity (Wildman–Crippen MR) is 90.0 cm³/mol. The summed E-state index contributed by atoms with van der Waals surface area (Å²) in [5, 5.41) is 3.14. The van der Waals surface area contributed by atoms with Crippen LogP contribution in [0.4, 0.5) is 5.82 Å². The highest BCUT2D eigenvalue weighted by Crippen LogP contribution is 2.34. The van der Waals surface area contributed by atoms with Gasteiger partial charge in [0.05, 0.1) is 14.0 Å². The van der Waals surface area contributed by atoms with Gasteiger partial charge in [0.15, 0.2) is 6.61 Å². The molecule has 0 radical (unpaired) electrons. The second-order valence-corrected chi connectivity index (χ2v) is 6.40. The molecule has 0 saturated heterocycles. The van der Waals surface area contributed by atoms with E-state index >= 15 is 0 Å². The van der Waals surface area contributed by atoms with Crippen LogP contribution in [0.3, 0.4) is 0 Å². The highest BCUT2D eigenvalue weighted by atomic mass is 79.9. The molecule has 0 bridgehead atoms. The Morgan fingerprint density at radius 2 is 2.00 bits per heavy atom. The van der Waals surface area contributed by atoms with Crippen molar-refractivity contribution in [2.75, 3.05) is 11.9 Å². The van der Waals surface area contributed by atoms with Crippen molar-refractivity contribution in [3.8, 4) is 5.75 Å². The highest BCUT2D eigenvalue weighted by Gasteiger charge is 2.10. The van der Waals surface area contributed by atoms with Crippen LogP contribution in [-0.4, -0.2) is 17.5 Å². The minimum absolute atomic E-state index is 0.120. The number of nitrogens with one attached hydrogen (secondary N) is 1. The van der Waals surface area contributed by atoms with Gasteiger partial charge in [0.25, 0.3) is 5.91 Å². The van der Waals surface area contributed by atoms with E-state index in [1.807, 2.05) is 19.1 Å². The Morgan fingerprint density at radius 3 is 2.57 bits per heavy atom. The topological polar surface area (TPSA) is 51.2 Å². The number of benzene rings is 1. The van der Waals surface area contributed by atoms with Crippen LogP contribution in [0, 0.1) is 6.92 Å². The Kier molecular flexibility index (Phi) is 5.61. The number of aryl methyl sites for hydroxylation is 1.